The summed E-state index contributed by atoms with van der Waals surface area (Å²) in [6.45, 7) is 6.39. The van der Waals surface area contributed by atoms with Gasteiger partial charge in [-0.1, -0.05) is 13.8 Å². The van der Waals surface area contributed by atoms with E-state index in [1.807, 2.05) is 5.32 Å². The summed E-state index contributed by atoms with van der Waals surface area (Å²) in [6, 6.07) is 0. The number of hydrogen-bond donors (Lipinski definition) is 3. The Morgan fingerprint density at radius 1 is 1.55 bits per heavy atom. The molecule has 0 aliphatic rings. The first-order chi connectivity index (χ1) is 5.18. The molecule has 64 valence electrons. The number of nitrogens with two attached hydrogens (primary N) is 1. The van der Waals surface area contributed by atoms with E-state index in [2.05, 4.69) is 31.4 Å². The highest BCUT2D eigenvalue weighted by molar-refractivity contribution is 7.80. The monoisotopic (exact) mass is 174 g/mol. The Hall–Kier alpha value is -0.860. The van der Waals surface area contributed by atoms with Crippen LogP contribution in [0.5, 0.6) is 0 Å². The third-order valence-electron chi connectivity index (χ3n) is 0.679. The number of rotatable bonds is 2. The number of thiocarbonyl (C=S) groups is 1. The molecular weight excluding hydrogens is 160 g/mol. The maximum atomic E-state index is 7.71. The Bertz CT molecular complexity index is 127. The van der Waals surface area contributed by atoms with Crippen molar-refractivity contribution in [1.29, 1.82) is 5.26 Å². The molecule has 0 aromatic heterocycles. The fraction of sp³-hybridized carbons (Fsp3) is 0.667. The molecule has 4 nitrogen and oxygen atoms in total. The second-order valence-electron chi connectivity index (χ2n) is 1.56. The molecule has 0 aliphatic carbocycles. The van der Waals surface area contributed by atoms with Crippen molar-refractivity contribution in [2.24, 2.45) is 5.73 Å². The maximum Gasteiger partial charge on any atom is 0.183 e. The first-order valence-corrected chi connectivity index (χ1v) is 3.75. The van der Waals surface area contributed by atoms with Crippen molar-refractivity contribution in [3.05, 3.63) is 0 Å². The van der Waals surface area contributed by atoms with Gasteiger partial charge >= 0.3 is 0 Å². The van der Waals surface area contributed by atoms with E-state index in [1.54, 1.807) is 6.19 Å². The molecule has 0 aromatic rings. The molecule has 5 heteroatoms. The summed E-state index contributed by atoms with van der Waals surface area (Å²) in [5, 5.41) is 12.9. The molecule has 0 aliphatic heterocycles. The lowest BCUT2D eigenvalue weighted by atomic mass is 10.7. The van der Waals surface area contributed by atoms with Crippen LogP contribution in [0, 0.1) is 11.5 Å². The lowest BCUT2D eigenvalue weighted by Crippen LogP contribution is -2.23. The molecule has 0 saturated heterocycles. The average molecular weight is 174 g/mol. The van der Waals surface area contributed by atoms with Crippen molar-refractivity contribution < 1.29 is 0 Å². The van der Waals surface area contributed by atoms with Gasteiger partial charge in [-0.15, -0.1) is 0 Å². The quantitative estimate of drug-likeness (QED) is 0.310. The van der Waals surface area contributed by atoms with Gasteiger partial charge in [-0.3, -0.25) is 5.32 Å². The zero-order valence-electron chi connectivity index (χ0n) is 6.85. The maximum absolute atomic E-state index is 7.71. The molecule has 0 fully saturated rings. The van der Waals surface area contributed by atoms with Gasteiger partial charge in [0.1, 0.15) is 0 Å². The van der Waals surface area contributed by atoms with Gasteiger partial charge in [0.05, 0.1) is 0 Å². The predicted molar refractivity (Wildman–Crippen MR) is 49.8 cm³/mol. The second kappa shape index (κ2) is 11.9. The molecule has 0 unspecified atom stereocenters. The SMILES string of the molecule is CCNCC.N#CNC(N)=S. The lowest BCUT2D eigenvalue weighted by Gasteiger charge is -1.86. The summed E-state index contributed by atoms with van der Waals surface area (Å²) in [5.74, 6) is 0. The van der Waals surface area contributed by atoms with Crippen LogP contribution in [0.25, 0.3) is 0 Å². The van der Waals surface area contributed by atoms with Gasteiger partial charge in [-0.25, -0.2) is 0 Å². The molecule has 0 radical (unpaired) electrons. The van der Waals surface area contributed by atoms with Gasteiger partial charge in [-0.2, -0.15) is 5.26 Å². The van der Waals surface area contributed by atoms with Crippen molar-refractivity contribution in [1.82, 2.24) is 10.6 Å². The molecular formula is C6H14N4S. The predicted octanol–water partition coefficient (Wildman–Crippen LogP) is -0.0835. The number of hydrogen-bond acceptors (Lipinski definition) is 3. The van der Waals surface area contributed by atoms with Crippen LogP contribution in [0.2, 0.25) is 0 Å². The van der Waals surface area contributed by atoms with Crippen molar-refractivity contribution in [2.45, 2.75) is 13.8 Å². The van der Waals surface area contributed by atoms with E-state index in [9.17, 15) is 0 Å². The van der Waals surface area contributed by atoms with Crippen molar-refractivity contribution >= 4 is 17.3 Å². The van der Waals surface area contributed by atoms with E-state index in [0.717, 1.165) is 13.1 Å². The summed E-state index contributed by atoms with van der Waals surface area (Å²) in [7, 11) is 0. The van der Waals surface area contributed by atoms with Crippen molar-refractivity contribution in [3.63, 3.8) is 0 Å². The third kappa shape index (κ3) is 27.2. The number of nitriles is 1. The van der Waals surface area contributed by atoms with E-state index in [0.29, 0.717) is 0 Å². The summed E-state index contributed by atoms with van der Waals surface area (Å²) in [4.78, 5) is 0. The molecule has 0 aromatic carbocycles. The van der Waals surface area contributed by atoms with Gasteiger partial charge < -0.3 is 11.1 Å². The van der Waals surface area contributed by atoms with E-state index >= 15 is 0 Å². The van der Waals surface area contributed by atoms with Crippen LogP contribution in [0.3, 0.4) is 0 Å². The highest BCUT2D eigenvalue weighted by Gasteiger charge is 1.73. The minimum atomic E-state index is 0.0116. The van der Waals surface area contributed by atoms with Gasteiger partial charge in [-0.05, 0) is 25.3 Å². The fourth-order valence-corrected chi connectivity index (χ4v) is 0.351. The lowest BCUT2D eigenvalue weighted by molar-refractivity contribution is 0.762. The van der Waals surface area contributed by atoms with Crippen LogP contribution in [0.1, 0.15) is 13.8 Å². The van der Waals surface area contributed by atoms with Crippen LogP contribution in [-0.4, -0.2) is 18.2 Å². The highest BCUT2D eigenvalue weighted by Crippen LogP contribution is 1.48. The smallest absolute Gasteiger partial charge is 0.183 e. The molecule has 0 heterocycles. The Morgan fingerprint density at radius 3 is 2.00 bits per heavy atom. The number of nitrogens with zero attached hydrogens (tertiary/aromatic N) is 1. The van der Waals surface area contributed by atoms with Gasteiger partial charge in [0, 0.05) is 0 Å². The first-order valence-electron chi connectivity index (χ1n) is 3.34. The second-order valence-corrected chi connectivity index (χ2v) is 2.00. The normalized spacial score (nSPS) is 7.00. The van der Waals surface area contributed by atoms with E-state index in [-0.39, 0.29) is 5.11 Å². The van der Waals surface area contributed by atoms with E-state index < -0.39 is 0 Å². The Balaban J connectivity index is 0. The summed E-state index contributed by atoms with van der Waals surface area (Å²) in [5.41, 5.74) is 4.80. The van der Waals surface area contributed by atoms with Gasteiger partial charge in [0.15, 0.2) is 11.3 Å². The Morgan fingerprint density at radius 2 is 2.00 bits per heavy atom. The molecule has 0 amide bonds. The summed E-state index contributed by atoms with van der Waals surface area (Å²) >= 11 is 4.24. The van der Waals surface area contributed by atoms with Crippen LogP contribution < -0.4 is 16.4 Å². The van der Waals surface area contributed by atoms with Crippen LogP contribution >= 0.6 is 12.2 Å². The Labute approximate surface area is 72.8 Å². The summed E-state index contributed by atoms with van der Waals surface area (Å²) < 4.78 is 0. The molecule has 0 rings (SSSR count). The zero-order valence-corrected chi connectivity index (χ0v) is 7.66. The van der Waals surface area contributed by atoms with Crippen molar-refractivity contribution in [2.75, 3.05) is 13.1 Å². The summed E-state index contributed by atoms with van der Waals surface area (Å²) in [6.07, 6.45) is 1.55. The minimum absolute atomic E-state index is 0.0116. The van der Waals surface area contributed by atoms with E-state index in [4.69, 9.17) is 11.0 Å². The average Bonchev–Trinajstić information content (AvgIpc) is 1.90. The highest BCUT2D eigenvalue weighted by atomic mass is 32.1. The number of nitrogens with one attached hydrogen (secondary N) is 2. The molecule has 0 atom stereocenters. The molecule has 11 heavy (non-hydrogen) atoms. The van der Waals surface area contributed by atoms with Crippen LogP contribution in [0.15, 0.2) is 0 Å². The first kappa shape index (κ1) is 12.8. The minimum Gasteiger partial charge on any atom is -0.376 e. The standard InChI is InChI=1S/C4H11N.C2H3N3S/c1-3-5-4-2;3-1-5-2(4)6/h5H,3-4H2,1-2H3;(H3,4,5,6). The molecule has 0 spiro atoms. The van der Waals surface area contributed by atoms with Gasteiger partial charge in [0.2, 0.25) is 0 Å². The zero-order chi connectivity index (χ0) is 9.11. The van der Waals surface area contributed by atoms with E-state index in [1.165, 1.54) is 0 Å². The molecule has 0 saturated carbocycles. The van der Waals surface area contributed by atoms with Gasteiger partial charge in [0.25, 0.3) is 0 Å². The van der Waals surface area contributed by atoms with Crippen molar-refractivity contribution in [3.8, 4) is 6.19 Å². The fourth-order valence-electron chi connectivity index (χ4n) is 0.305. The third-order valence-corrected chi connectivity index (χ3v) is 0.781. The van der Waals surface area contributed by atoms with Crippen LogP contribution in [0.4, 0.5) is 0 Å². The topological polar surface area (TPSA) is 73.9 Å². The Kier molecular flexibility index (Phi) is 13.8. The largest absolute Gasteiger partial charge is 0.376 e. The molecule has 0 bridgehead atoms. The van der Waals surface area contributed by atoms with Crippen LogP contribution in [-0.2, 0) is 0 Å². The molecule has 4 N–H and O–H groups in total.